The minimum atomic E-state index is -0.109. The van der Waals surface area contributed by atoms with Crippen LogP contribution in [-0.2, 0) is 4.74 Å². The van der Waals surface area contributed by atoms with Crippen molar-refractivity contribution in [2.45, 2.75) is 18.9 Å². The van der Waals surface area contributed by atoms with Crippen LogP contribution in [0.3, 0.4) is 0 Å². The zero-order valence-corrected chi connectivity index (χ0v) is 20.2. The molecule has 182 valence electrons. The van der Waals surface area contributed by atoms with E-state index in [1.807, 2.05) is 23.1 Å². The highest BCUT2D eigenvalue weighted by atomic mass is 35.5. The Morgan fingerprint density at radius 2 is 1.65 bits per heavy atom. The minimum absolute atomic E-state index is 0.109. The number of halogens is 1. The third-order valence-corrected chi connectivity index (χ3v) is 7.02. The van der Waals surface area contributed by atoms with Gasteiger partial charge in [0.15, 0.2) is 11.6 Å². The molecule has 0 radical (unpaired) electrons. The lowest BCUT2D eigenvalue weighted by Gasteiger charge is -2.37. The Labute approximate surface area is 205 Å². The first kappa shape index (κ1) is 23.1. The number of anilines is 3. The molecular weight excluding hydrogens is 454 g/mol. The number of nitrogens with one attached hydrogen (secondary N) is 1. The maximum Gasteiger partial charge on any atom is 0.321 e. The van der Waals surface area contributed by atoms with Crippen LogP contribution >= 0.6 is 11.6 Å². The van der Waals surface area contributed by atoms with Gasteiger partial charge in [-0.3, -0.25) is 4.90 Å². The predicted octanol–water partition coefficient (Wildman–Crippen LogP) is 2.79. The fraction of sp³-hybridized carbons (Fsp3) is 0.542. The summed E-state index contributed by atoms with van der Waals surface area (Å²) in [5.74, 6) is 1.79. The van der Waals surface area contributed by atoms with E-state index >= 15 is 0 Å². The molecule has 0 spiro atoms. The maximum atomic E-state index is 12.6. The summed E-state index contributed by atoms with van der Waals surface area (Å²) in [7, 11) is 0. The monoisotopic (exact) mass is 485 g/mol. The van der Waals surface area contributed by atoms with Crippen LogP contribution < -0.4 is 15.1 Å². The van der Waals surface area contributed by atoms with E-state index in [0.717, 1.165) is 64.1 Å². The van der Waals surface area contributed by atoms with E-state index in [1.54, 1.807) is 12.1 Å². The lowest BCUT2D eigenvalue weighted by Crippen LogP contribution is -2.50. The third-order valence-electron chi connectivity index (χ3n) is 6.79. The largest absolute Gasteiger partial charge is 0.377 e. The second kappa shape index (κ2) is 10.8. The number of ether oxygens (including phenoxy) is 1. The fourth-order valence-corrected chi connectivity index (χ4v) is 4.99. The Bertz CT molecular complexity index is 954. The molecule has 2 amide bonds. The average molecular weight is 486 g/mol. The number of nitrogens with zero attached hydrogens (tertiary/aromatic N) is 6. The summed E-state index contributed by atoms with van der Waals surface area (Å²) < 4.78 is 5.78. The Morgan fingerprint density at radius 1 is 0.971 bits per heavy atom. The first-order chi connectivity index (χ1) is 16.6. The number of hydrogen-bond acceptors (Lipinski definition) is 7. The Kier molecular flexibility index (Phi) is 7.32. The van der Waals surface area contributed by atoms with Gasteiger partial charge in [0.05, 0.1) is 6.10 Å². The maximum absolute atomic E-state index is 12.6. The van der Waals surface area contributed by atoms with Gasteiger partial charge in [-0.2, -0.15) is 0 Å². The first-order valence-electron chi connectivity index (χ1n) is 12.1. The molecule has 1 aromatic heterocycles. The predicted molar refractivity (Wildman–Crippen MR) is 134 cm³/mol. The zero-order valence-electron chi connectivity index (χ0n) is 19.4. The third kappa shape index (κ3) is 5.71. The van der Waals surface area contributed by atoms with Crippen LogP contribution in [0.1, 0.15) is 12.8 Å². The van der Waals surface area contributed by atoms with E-state index < -0.39 is 0 Å². The number of benzene rings is 1. The Hall–Kier alpha value is -2.62. The summed E-state index contributed by atoms with van der Waals surface area (Å²) in [6.07, 6.45) is 2.79. The Balaban J connectivity index is 1.08. The number of urea groups is 1. The highest BCUT2D eigenvalue weighted by molar-refractivity contribution is 6.30. The van der Waals surface area contributed by atoms with Crippen LogP contribution in [0.4, 0.5) is 22.1 Å². The first-order valence-corrected chi connectivity index (χ1v) is 12.5. The normalized spacial score (nSPS) is 21.7. The number of aromatic nitrogens is 2. The standard InChI is InChI=1S/C24H32ClN7O2/c25-19-3-1-4-20(17-19)26-24(33)32-14-12-31(13-15-32)23-7-6-22(27-28-23)30-10-8-29(9-11-30)18-21-5-2-16-34-21/h1,3-4,6-7,17,21H,2,5,8-16,18H2,(H,26,33). The lowest BCUT2D eigenvalue weighted by molar-refractivity contribution is 0.0712. The zero-order chi connectivity index (χ0) is 23.3. The van der Waals surface area contributed by atoms with Gasteiger partial charge in [0.2, 0.25) is 0 Å². The van der Waals surface area contributed by atoms with Gasteiger partial charge in [0, 0.05) is 76.2 Å². The fourth-order valence-electron chi connectivity index (χ4n) is 4.80. The molecule has 0 aliphatic carbocycles. The summed E-state index contributed by atoms with van der Waals surface area (Å²) >= 11 is 6.00. The van der Waals surface area contributed by atoms with Crippen molar-refractivity contribution in [1.29, 1.82) is 0 Å². The molecule has 9 nitrogen and oxygen atoms in total. The van der Waals surface area contributed by atoms with Crippen molar-refractivity contribution < 1.29 is 9.53 Å². The summed E-state index contributed by atoms with van der Waals surface area (Å²) in [5, 5.41) is 12.5. The molecule has 1 N–H and O–H groups in total. The molecule has 0 bridgehead atoms. The molecule has 3 saturated heterocycles. The van der Waals surface area contributed by atoms with Gasteiger partial charge in [-0.25, -0.2) is 4.79 Å². The second-order valence-corrected chi connectivity index (χ2v) is 9.52. The second-order valence-electron chi connectivity index (χ2n) is 9.09. The van der Waals surface area contributed by atoms with Crippen molar-refractivity contribution >= 4 is 35.0 Å². The molecule has 3 aliphatic heterocycles. The van der Waals surface area contributed by atoms with Gasteiger partial charge >= 0.3 is 6.03 Å². The SMILES string of the molecule is O=C(Nc1cccc(Cl)c1)N1CCN(c2ccc(N3CCN(CC4CCCO4)CC3)nn2)CC1. The number of amides is 2. The van der Waals surface area contributed by atoms with Crippen molar-refractivity contribution in [3.8, 4) is 0 Å². The molecule has 3 aliphatic rings. The van der Waals surface area contributed by atoms with Crippen LogP contribution in [0.2, 0.25) is 5.02 Å². The number of piperazine rings is 2. The van der Waals surface area contributed by atoms with E-state index in [2.05, 4.69) is 36.3 Å². The smallest absolute Gasteiger partial charge is 0.321 e. The van der Waals surface area contributed by atoms with Crippen molar-refractivity contribution in [3.05, 3.63) is 41.4 Å². The van der Waals surface area contributed by atoms with Crippen LogP contribution in [0.25, 0.3) is 0 Å². The van der Waals surface area contributed by atoms with Gasteiger partial charge in [-0.15, -0.1) is 10.2 Å². The molecule has 34 heavy (non-hydrogen) atoms. The molecule has 1 unspecified atom stereocenters. The molecule has 2 aromatic rings. The average Bonchev–Trinajstić information content (AvgIpc) is 3.38. The van der Waals surface area contributed by atoms with E-state index in [1.165, 1.54) is 12.8 Å². The van der Waals surface area contributed by atoms with E-state index in [-0.39, 0.29) is 6.03 Å². The lowest BCUT2D eigenvalue weighted by atomic mass is 10.2. The molecule has 10 heteroatoms. The van der Waals surface area contributed by atoms with Gasteiger partial charge in [0.1, 0.15) is 0 Å². The molecule has 1 aromatic carbocycles. The summed E-state index contributed by atoms with van der Waals surface area (Å²) in [6, 6.07) is 11.2. The van der Waals surface area contributed by atoms with Crippen LogP contribution in [-0.4, -0.2) is 97.6 Å². The van der Waals surface area contributed by atoms with Crippen molar-refractivity contribution in [2.75, 3.05) is 80.6 Å². The van der Waals surface area contributed by atoms with Crippen molar-refractivity contribution in [3.63, 3.8) is 0 Å². The number of rotatable bonds is 5. The van der Waals surface area contributed by atoms with Crippen LogP contribution in [0.5, 0.6) is 0 Å². The van der Waals surface area contributed by atoms with Crippen LogP contribution in [0, 0.1) is 0 Å². The highest BCUT2D eigenvalue weighted by Crippen LogP contribution is 2.20. The molecule has 5 rings (SSSR count). The van der Waals surface area contributed by atoms with Gasteiger partial charge in [-0.1, -0.05) is 17.7 Å². The number of carbonyl (C=O) groups is 1. The number of carbonyl (C=O) groups excluding carboxylic acids is 1. The van der Waals surface area contributed by atoms with E-state index in [9.17, 15) is 4.79 Å². The van der Waals surface area contributed by atoms with Gasteiger partial charge in [-0.05, 0) is 43.2 Å². The molecule has 3 fully saturated rings. The van der Waals surface area contributed by atoms with E-state index in [4.69, 9.17) is 16.3 Å². The molecule has 1 atom stereocenters. The van der Waals surface area contributed by atoms with E-state index in [0.29, 0.717) is 29.9 Å². The molecular formula is C24H32ClN7O2. The van der Waals surface area contributed by atoms with Crippen molar-refractivity contribution in [1.82, 2.24) is 20.0 Å². The van der Waals surface area contributed by atoms with Gasteiger partial charge < -0.3 is 24.8 Å². The van der Waals surface area contributed by atoms with Crippen LogP contribution in [0.15, 0.2) is 36.4 Å². The highest BCUT2D eigenvalue weighted by Gasteiger charge is 2.25. The quantitative estimate of drug-likeness (QED) is 0.697. The molecule has 4 heterocycles. The minimum Gasteiger partial charge on any atom is -0.377 e. The van der Waals surface area contributed by atoms with Crippen molar-refractivity contribution in [2.24, 2.45) is 0 Å². The topological polar surface area (TPSA) is 77.1 Å². The Morgan fingerprint density at radius 3 is 2.24 bits per heavy atom. The van der Waals surface area contributed by atoms with Gasteiger partial charge in [0.25, 0.3) is 0 Å². The number of hydrogen-bond donors (Lipinski definition) is 1. The summed E-state index contributed by atoms with van der Waals surface area (Å²) in [4.78, 5) is 21.4. The molecule has 0 saturated carbocycles. The summed E-state index contributed by atoms with van der Waals surface area (Å²) in [5.41, 5.74) is 0.703. The summed E-state index contributed by atoms with van der Waals surface area (Å²) in [6.45, 7) is 8.63.